The van der Waals surface area contributed by atoms with Crippen LogP contribution in [0.1, 0.15) is 30.9 Å². The van der Waals surface area contributed by atoms with Gasteiger partial charge in [0.1, 0.15) is 11.1 Å². The molecule has 2 aromatic carbocycles. The highest BCUT2D eigenvalue weighted by Gasteiger charge is 2.38. The molecule has 0 saturated carbocycles. The molecule has 1 aliphatic heterocycles. The van der Waals surface area contributed by atoms with Gasteiger partial charge in [0, 0.05) is 18.7 Å². The molecule has 1 aliphatic rings. The number of carbonyl (C=O) groups is 2. The van der Waals surface area contributed by atoms with E-state index in [2.05, 4.69) is 10.3 Å². The molecule has 0 spiro atoms. The molecule has 0 radical (unpaired) electrons. The van der Waals surface area contributed by atoms with Crippen molar-refractivity contribution in [3.05, 3.63) is 59.4 Å². The Morgan fingerprint density at radius 3 is 2.45 bits per heavy atom. The molecule has 5 nitrogen and oxygen atoms in total. The van der Waals surface area contributed by atoms with E-state index >= 15 is 0 Å². The lowest BCUT2D eigenvalue weighted by Crippen LogP contribution is -2.34. The summed E-state index contributed by atoms with van der Waals surface area (Å²) in [4.78, 5) is 31.6. The van der Waals surface area contributed by atoms with Gasteiger partial charge < -0.3 is 5.32 Å². The molecule has 1 heterocycles. The first-order chi connectivity index (χ1) is 13.9. The van der Waals surface area contributed by atoms with Gasteiger partial charge in [-0.1, -0.05) is 36.9 Å². The topological polar surface area (TPSA) is 61.8 Å². The Bertz CT molecular complexity index is 923. The van der Waals surface area contributed by atoms with Crippen LogP contribution in [0.2, 0.25) is 0 Å². The maximum atomic E-state index is 13.1. The highest BCUT2D eigenvalue weighted by atomic mass is 32.2. The minimum Gasteiger partial charge on any atom is -0.326 e. The number of aryl methyl sites for hydroxylation is 2. The van der Waals surface area contributed by atoms with Gasteiger partial charge in [0.15, 0.2) is 5.17 Å². The minimum atomic E-state index is -0.523. The van der Waals surface area contributed by atoms with Crippen molar-refractivity contribution in [3.63, 3.8) is 0 Å². The molecule has 1 saturated heterocycles. The second-order valence-corrected chi connectivity index (χ2v) is 8.16. The fourth-order valence-corrected chi connectivity index (χ4v) is 4.33. The van der Waals surface area contributed by atoms with Crippen molar-refractivity contribution >= 4 is 40.1 Å². The summed E-state index contributed by atoms with van der Waals surface area (Å²) in [6.07, 6.45) is 0.843. The number of hydrogen-bond acceptors (Lipinski definition) is 4. The molecule has 1 fully saturated rings. The Kier molecular flexibility index (Phi) is 6.69. The monoisotopic (exact) mass is 413 g/mol. The molecule has 0 aliphatic carbocycles. The van der Waals surface area contributed by atoms with Crippen LogP contribution in [0.15, 0.2) is 47.5 Å². The van der Waals surface area contributed by atoms with Crippen LogP contribution in [0.25, 0.3) is 0 Å². The van der Waals surface area contributed by atoms with Gasteiger partial charge in [-0.2, -0.15) is 0 Å². The fourth-order valence-electron chi connectivity index (χ4n) is 3.15. The van der Waals surface area contributed by atoms with E-state index in [1.54, 1.807) is 17.0 Å². The highest BCUT2D eigenvalue weighted by molar-refractivity contribution is 8.15. The molecule has 3 rings (SSSR count). The van der Waals surface area contributed by atoms with Gasteiger partial charge in [0.05, 0.1) is 5.69 Å². The number of aliphatic imine (C=N–C) groups is 1. The van der Waals surface area contributed by atoms with Crippen molar-refractivity contribution in [2.75, 3.05) is 11.9 Å². The Morgan fingerprint density at radius 1 is 1.17 bits per heavy atom. The van der Waals surface area contributed by atoms with Crippen molar-refractivity contribution in [1.82, 2.24) is 4.90 Å². The second kappa shape index (κ2) is 9.22. The van der Waals surface area contributed by atoms with Gasteiger partial charge in [0.25, 0.3) is 0 Å². The minimum absolute atomic E-state index is 0.0694. The number of para-hydroxylation sites is 1. The lowest BCUT2D eigenvalue weighted by molar-refractivity contribution is -0.128. The normalized spacial score (nSPS) is 17.8. The van der Waals surface area contributed by atoms with Crippen molar-refractivity contribution in [3.8, 4) is 0 Å². The predicted molar refractivity (Wildman–Crippen MR) is 116 cm³/mol. The van der Waals surface area contributed by atoms with E-state index in [9.17, 15) is 14.0 Å². The Labute approximate surface area is 174 Å². The summed E-state index contributed by atoms with van der Waals surface area (Å²) < 4.78 is 13.1. The second-order valence-electron chi connectivity index (χ2n) is 6.99. The zero-order chi connectivity index (χ0) is 21.0. The zero-order valence-electron chi connectivity index (χ0n) is 16.7. The standard InChI is InChI=1S/C22H24FN3O2S/c1-4-12-26-21(28)18(29-22(26)24-17-10-8-16(23)9-11-17)13-19(27)25-20-14(2)6-5-7-15(20)3/h5-11,18H,4,12-13H2,1-3H3,(H,25,27)/t18-/m1/s1. The molecule has 2 amide bonds. The van der Waals surface area contributed by atoms with E-state index in [4.69, 9.17) is 0 Å². The number of nitrogens with zero attached hydrogens (tertiary/aromatic N) is 2. The van der Waals surface area contributed by atoms with Crippen LogP contribution in [0.3, 0.4) is 0 Å². The third-order valence-corrected chi connectivity index (χ3v) is 5.81. The van der Waals surface area contributed by atoms with Crippen molar-refractivity contribution < 1.29 is 14.0 Å². The number of halogens is 1. The first kappa shape index (κ1) is 21.0. The summed E-state index contributed by atoms with van der Waals surface area (Å²) >= 11 is 1.28. The fraction of sp³-hybridized carbons (Fsp3) is 0.318. The molecule has 152 valence electrons. The zero-order valence-corrected chi connectivity index (χ0v) is 17.6. The Morgan fingerprint density at radius 2 is 1.83 bits per heavy atom. The van der Waals surface area contributed by atoms with E-state index < -0.39 is 5.25 Å². The molecular weight excluding hydrogens is 389 g/mol. The Balaban J connectivity index is 1.75. The summed E-state index contributed by atoms with van der Waals surface area (Å²) in [7, 11) is 0. The molecule has 0 bridgehead atoms. The lowest BCUT2D eigenvalue weighted by atomic mass is 10.1. The average molecular weight is 414 g/mol. The molecule has 7 heteroatoms. The van der Waals surface area contributed by atoms with Gasteiger partial charge in [-0.05, 0) is 55.7 Å². The van der Waals surface area contributed by atoms with Crippen LogP contribution in [-0.4, -0.2) is 33.7 Å². The van der Waals surface area contributed by atoms with Crippen LogP contribution >= 0.6 is 11.8 Å². The van der Waals surface area contributed by atoms with Crippen molar-refractivity contribution in [2.45, 2.75) is 38.9 Å². The SMILES string of the molecule is CCCN1C(=O)[C@@H](CC(=O)Nc2c(C)cccc2C)SC1=Nc1ccc(F)cc1. The van der Waals surface area contributed by atoms with Crippen LogP contribution in [0.5, 0.6) is 0 Å². The number of nitrogens with one attached hydrogen (secondary N) is 1. The molecule has 1 atom stereocenters. The smallest absolute Gasteiger partial charge is 0.242 e. The van der Waals surface area contributed by atoms with Crippen LogP contribution in [0, 0.1) is 19.7 Å². The number of carbonyl (C=O) groups excluding carboxylic acids is 2. The van der Waals surface area contributed by atoms with E-state index in [0.29, 0.717) is 17.4 Å². The quantitative estimate of drug-likeness (QED) is 0.739. The number of rotatable bonds is 6. The average Bonchev–Trinajstić information content (AvgIpc) is 2.96. The summed E-state index contributed by atoms with van der Waals surface area (Å²) in [5.74, 6) is -0.655. The summed E-state index contributed by atoms with van der Waals surface area (Å²) in [6.45, 7) is 6.39. The van der Waals surface area contributed by atoms with Gasteiger partial charge >= 0.3 is 0 Å². The predicted octanol–water partition coefficient (Wildman–Crippen LogP) is 4.81. The van der Waals surface area contributed by atoms with Crippen LogP contribution in [0.4, 0.5) is 15.8 Å². The van der Waals surface area contributed by atoms with Crippen molar-refractivity contribution in [1.29, 1.82) is 0 Å². The summed E-state index contributed by atoms with van der Waals surface area (Å²) in [6, 6.07) is 11.6. The number of amides is 2. The molecular formula is C22H24FN3O2S. The van der Waals surface area contributed by atoms with Crippen molar-refractivity contribution in [2.24, 2.45) is 4.99 Å². The number of anilines is 1. The van der Waals surface area contributed by atoms with Gasteiger partial charge in [0.2, 0.25) is 11.8 Å². The maximum absolute atomic E-state index is 13.1. The number of thioether (sulfide) groups is 1. The first-order valence-electron chi connectivity index (χ1n) is 9.57. The molecule has 0 aromatic heterocycles. The van der Waals surface area contributed by atoms with E-state index in [1.807, 2.05) is 39.0 Å². The van der Waals surface area contributed by atoms with Crippen LogP contribution < -0.4 is 5.32 Å². The number of hydrogen-bond donors (Lipinski definition) is 1. The van der Waals surface area contributed by atoms with Gasteiger partial charge in [-0.15, -0.1) is 0 Å². The van der Waals surface area contributed by atoms with E-state index in [0.717, 1.165) is 23.2 Å². The van der Waals surface area contributed by atoms with Gasteiger partial charge in [-0.3, -0.25) is 14.5 Å². The van der Waals surface area contributed by atoms with Gasteiger partial charge in [-0.25, -0.2) is 9.38 Å². The first-order valence-corrected chi connectivity index (χ1v) is 10.5. The number of amidine groups is 1. The Hall–Kier alpha value is -2.67. The molecule has 0 unspecified atom stereocenters. The van der Waals surface area contributed by atoms with E-state index in [1.165, 1.54) is 23.9 Å². The molecule has 1 N–H and O–H groups in total. The number of benzene rings is 2. The third-order valence-electron chi connectivity index (χ3n) is 4.63. The maximum Gasteiger partial charge on any atom is 0.242 e. The largest absolute Gasteiger partial charge is 0.326 e. The summed E-state index contributed by atoms with van der Waals surface area (Å²) in [5.41, 5.74) is 3.33. The highest BCUT2D eigenvalue weighted by Crippen LogP contribution is 2.32. The van der Waals surface area contributed by atoms with Crippen LogP contribution in [-0.2, 0) is 9.59 Å². The van der Waals surface area contributed by atoms with E-state index in [-0.39, 0.29) is 24.1 Å². The lowest BCUT2D eigenvalue weighted by Gasteiger charge is -2.15. The third kappa shape index (κ3) is 5.03. The molecule has 29 heavy (non-hydrogen) atoms. The summed E-state index contributed by atoms with van der Waals surface area (Å²) in [5, 5.41) is 2.97. The molecule has 2 aromatic rings.